The molecule has 4 rings (SSSR count). The summed E-state index contributed by atoms with van der Waals surface area (Å²) >= 11 is 5.69. The standard InChI is InChI=1S/C20H21N5S/c1-14-9-10-17(24(14)2)19-18(16-8-4-6-12-22-16)23-20(26)25(19)13-15-7-3-5-11-21-15/h3-12,18-19H,13H2,1-2H3,(H,23,26)/t18-,19-/m1/s1. The summed E-state index contributed by atoms with van der Waals surface area (Å²) in [6, 6.07) is 16.3. The summed E-state index contributed by atoms with van der Waals surface area (Å²) in [5.74, 6) is 0. The molecule has 1 fully saturated rings. The van der Waals surface area contributed by atoms with Gasteiger partial charge in [0.25, 0.3) is 0 Å². The van der Waals surface area contributed by atoms with Crippen molar-refractivity contribution in [3.05, 3.63) is 83.7 Å². The van der Waals surface area contributed by atoms with Crippen LogP contribution in [0.25, 0.3) is 0 Å². The zero-order valence-electron chi connectivity index (χ0n) is 14.8. The van der Waals surface area contributed by atoms with Gasteiger partial charge in [-0.2, -0.15) is 0 Å². The van der Waals surface area contributed by atoms with Gasteiger partial charge in [0.15, 0.2) is 5.11 Å². The van der Waals surface area contributed by atoms with Gasteiger partial charge in [0.2, 0.25) is 0 Å². The molecule has 1 saturated heterocycles. The molecule has 0 spiro atoms. The van der Waals surface area contributed by atoms with Gasteiger partial charge in [-0.25, -0.2) is 0 Å². The van der Waals surface area contributed by atoms with E-state index in [-0.39, 0.29) is 12.1 Å². The maximum atomic E-state index is 5.69. The topological polar surface area (TPSA) is 46.0 Å². The second kappa shape index (κ2) is 6.88. The minimum atomic E-state index is 0.000382. The van der Waals surface area contributed by atoms with Crippen molar-refractivity contribution in [3.63, 3.8) is 0 Å². The summed E-state index contributed by atoms with van der Waals surface area (Å²) in [5, 5.41) is 4.21. The van der Waals surface area contributed by atoms with Gasteiger partial charge >= 0.3 is 0 Å². The molecule has 6 heteroatoms. The number of aromatic nitrogens is 3. The predicted molar refractivity (Wildman–Crippen MR) is 105 cm³/mol. The van der Waals surface area contributed by atoms with Crippen molar-refractivity contribution < 1.29 is 0 Å². The number of pyridine rings is 2. The number of aryl methyl sites for hydroxylation is 1. The number of hydrogen-bond acceptors (Lipinski definition) is 3. The third kappa shape index (κ3) is 2.97. The van der Waals surface area contributed by atoms with Crippen molar-refractivity contribution in [1.82, 2.24) is 24.8 Å². The van der Waals surface area contributed by atoms with Gasteiger partial charge in [-0.05, 0) is 55.5 Å². The van der Waals surface area contributed by atoms with Crippen molar-refractivity contribution in [2.45, 2.75) is 25.6 Å². The first kappa shape index (κ1) is 16.7. The molecule has 0 radical (unpaired) electrons. The smallest absolute Gasteiger partial charge is 0.170 e. The molecule has 0 amide bonds. The number of nitrogens with one attached hydrogen (secondary N) is 1. The first-order valence-electron chi connectivity index (χ1n) is 8.65. The molecule has 1 N–H and O–H groups in total. The van der Waals surface area contributed by atoms with Crippen LogP contribution in [0, 0.1) is 6.92 Å². The van der Waals surface area contributed by atoms with Crippen LogP contribution in [0.5, 0.6) is 0 Å². The Kier molecular flexibility index (Phi) is 4.42. The monoisotopic (exact) mass is 363 g/mol. The van der Waals surface area contributed by atoms with Gasteiger partial charge in [0.1, 0.15) is 0 Å². The molecule has 5 nitrogen and oxygen atoms in total. The van der Waals surface area contributed by atoms with Crippen LogP contribution < -0.4 is 5.32 Å². The van der Waals surface area contributed by atoms with Crippen LogP contribution in [0.2, 0.25) is 0 Å². The van der Waals surface area contributed by atoms with Gasteiger partial charge in [0.05, 0.1) is 30.0 Å². The first-order chi connectivity index (χ1) is 12.6. The lowest BCUT2D eigenvalue weighted by molar-refractivity contribution is 0.296. The normalized spacial score (nSPS) is 19.6. The largest absolute Gasteiger partial charge is 0.352 e. The Morgan fingerprint density at radius 3 is 2.42 bits per heavy atom. The summed E-state index contributed by atoms with van der Waals surface area (Å²) in [7, 11) is 2.10. The Hall–Kier alpha value is -2.73. The fourth-order valence-electron chi connectivity index (χ4n) is 3.49. The van der Waals surface area contributed by atoms with Gasteiger partial charge in [-0.3, -0.25) is 9.97 Å². The molecule has 4 heterocycles. The zero-order chi connectivity index (χ0) is 18.1. The predicted octanol–water partition coefficient (Wildman–Crippen LogP) is 3.30. The van der Waals surface area contributed by atoms with E-state index in [2.05, 4.69) is 50.9 Å². The summed E-state index contributed by atoms with van der Waals surface area (Å²) < 4.78 is 2.22. The SMILES string of the molecule is Cc1ccc([C@@H]2[C@@H](c3ccccn3)NC(=S)N2Cc2ccccn2)n1C. The minimum absolute atomic E-state index is 0.000382. The quantitative estimate of drug-likeness (QED) is 0.721. The molecule has 26 heavy (non-hydrogen) atoms. The number of hydrogen-bond donors (Lipinski definition) is 1. The highest BCUT2D eigenvalue weighted by Crippen LogP contribution is 2.39. The molecule has 3 aromatic heterocycles. The molecule has 0 saturated carbocycles. The average Bonchev–Trinajstić information content (AvgIpc) is 3.17. The maximum Gasteiger partial charge on any atom is 0.170 e. The lowest BCUT2D eigenvalue weighted by Crippen LogP contribution is -2.30. The van der Waals surface area contributed by atoms with Crippen LogP contribution in [0.15, 0.2) is 60.9 Å². The van der Waals surface area contributed by atoms with E-state index in [0.29, 0.717) is 6.54 Å². The molecule has 1 aliphatic rings. The van der Waals surface area contributed by atoms with Gasteiger partial charge in [-0.15, -0.1) is 0 Å². The van der Waals surface area contributed by atoms with E-state index in [1.54, 1.807) is 0 Å². The van der Waals surface area contributed by atoms with Crippen LogP contribution in [-0.4, -0.2) is 24.5 Å². The molecular weight excluding hydrogens is 342 g/mol. The Morgan fingerprint density at radius 2 is 1.81 bits per heavy atom. The third-order valence-corrected chi connectivity index (χ3v) is 5.32. The van der Waals surface area contributed by atoms with Gasteiger partial charge in [0, 0.05) is 30.8 Å². The van der Waals surface area contributed by atoms with E-state index < -0.39 is 0 Å². The summed E-state index contributed by atoms with van der Waals surface area (Å²) in [5.41, 5.74) is 4.41. The molecule has 3 aromatic rings. The second-order valence-corrected chi connectivity index (χ2v) is 6.92. The molecule has 0 bridgehead atoms. The molecule has 0 aliphatic carbocycles. The van der Waals surface area contributed by atoms with E-state index >= 15 is 0 Å². The lowest BCUT2D eigenvalue weighted by Gasteiger charge is -2.28. The molecular formula is C20H21N5S. The highest BCUT2D eigenvalue weighted by atomic mass is 32.1. The lowest BCUT2D eigenvalue weighted by atomic mass is 10.0. The van der Waals surface area contributed by atoms with E-state index in [4.69, 9.17) is 12.2 Å². The van der Waals surface area contributed by atoms with Crippen molar-refractivity contribution >= 4 is 17.3 Å². The average molecular weight is 363 g/mol. The highest BCUT2D eigenvalue weighted by Gasteiger charge is 2.41. The van der Waals surface area contributed by atoms with Gasteiger partial charge in [-0.1, -0.05) is 12.1 Å². The molecule has 1 aliphatic heterocycles. The molecule has 0 aromatic carbocycles. The van der Waals surface area contributed by atoms with Crippen molar-refractivity contribution in [3.8, 4) is 0 Å². The number of nitrogens with zero attached hydrogens (tertiary/aromatic N) is 4. The Balaban J connectivity index is 1.76. The minimum Gasteiger partial charge on any atom is -0.352 e. The van der Waals surface area contributed by atoms with Crippen molar-refractivity contribution in [1.29, 1.82) is 0 Å². The van der Waals surface area contributed by atoms with Crippen LogP contribution in [0.3, 0.4) is 0 Å². The van der Waals surface area contributed by atoms with Crippen LogP contribution in [0.1, 0.15) is 34.9 Å². The second-order valence-electron chi connectivity index (χ2n) is 6.53. The fraction of sp³-hybridized carbons (Fsp3) is 0.250. The Bertz CT molecular complexity index is 906. The summed E-state index contributed by atoms with van der Waals surface area (Å²) in [4.78, 5) is 11.3. The molecule has 132 valence electrons. The first-order valence-corrected chi connectivity index (χ1v) is 9.06. The van der Waals surface area contributed by atoms with Crippen molar-refractivity contribution in [2.75, 3.05) is 0 Å². The van der Waals surface area contributed by atoms with Crippen LogP contribution in [0.4, 0.5) is 0 Å². The van der Waals surface area contributed by atoms with E-state index in [1.807, 2.05) is 48.8 Å². The van der Waals surface area contributed by atoms with Crippen molar-refractivity contribution in [2.24, 2.45) is 7.05 Å². The van der Waals surface area contributed by atoms with E-state index in [9.17, 15) is 0 Å². The summed E-state index contributed by atoms with van der Waals surface area (Å²) in [6.45, 7) is 2.77. The third-order valence-electron chi connectivity index (χ3n) is 4.97. The Labute approximate surface area is 158 Å². The number of thiocarbonyl (C=S) groups is 1. The Morgan fingerprint density at radius 1 is 1.04 bits per heavy atom. The van der Waals surface area contributed by atoms with Gasteiger partial charge < -0.3 is 14.8 Å². The van der Waals surface area contributed by atoms with E-state index in [1.165, 1.54) is 11.4 Å². The maximum absolute atomic E-state index is 5.69. The molecule has 2 atom stereocenters. The zero-order valence-corrected chi connectivity index (χ0v) is 15.6. The fourth-order valence-corrected chi connectivity index (χ4v) is 3.80. The van der Waals surface area contributed by atoms with Crippen LogP contribution in [-0.2, 0) is 13.6 Å². The highest BCUT2D eigenvalue weighted by molar-refractivity contribution is 7.80. The summed E-state index contributed by atoms with van der Waals surface area (Å²) in [6.07, 6.45) is 3.65. The number of rotatable bonds is 4. The van der Waals surface area contributed by atoms with E-state index in [0.717, 1.165) is 16.5 Å². The van der Waals surface area contributed by atoms with Crippen LogP contribution >= 0.6 is 12.2 Å². The molecule has 0 unspecified atom stereocenters.